The van der Waals surface area contributed by atoms with Crippen LogP contribution in [0, 0.1) is 35.3 Å². The van der Waals surface area contributed by atoms with Crippen molar-refractivity contribution in [2.24, 2.45) is 0 Å². The summed E-state index contributed by atoms with van der Waals surface area (Å²) in [4.78, 5) is 24.8. The summed E-state index contributed by atoms with van der Waals surface area (Å²) in [6, 6.07) is 10.4. The Bertz CT molecular complexity index is 1200. The topological polar surface area (TPSA) is 140 Å². The van der Waals surface area contributed by atoms with Crippen molar-refractivity contribution >= 4 is 29.2 Å². The summed E-state index contributed by atoms with van der Waals surface area (Å²) in [6.07, 6.45) is 1.67. The van der Waals surface area contributed by atoms with Gasteiger partial charge in [-0.3, -0.25) is 10.1 Å². The number of nitrogens with two attached hydrogens (primary N) is 1. The molecular weight excluding hydrogens is 384 g/mol. The van der Waals surface area contributed by atoms with E-state index < -0.39 is 4.92 Å². The lowest BCUT2D eigenvalue weighted by molar-refractivity contribution is -0.384. The first kappa shape index (κ1) is 20.5. The molecule has 2 heterocycles. The van der Waals surface area contributed by atoms with Crippen LogP contribution in [0.25, 0.3) is 17.3 Å². The molecule has 0 saturated heterocycles. The first-order valence-corrected chi connectivity index (χ1v) is 8.96. The minimum atomic E-state index is -0.431. The predicted octanol–water partition coefficient (Wildman–Crippen LogP) is 2.90. The lowest BCUT2D eigenvalue weighted by Crippen LogP contribution is -2.15. The largest absolute Gasteiger partial charge is 0.368 e. The van der Waals surface area contributed by atoms with Crippen LogP contribution in [0.1, 0.15) is 22.8 Å². The molecule has 0 amide bonds. The molecule has 0 atom stereocenters. The van der Waals surface area contributed by atoms with Gasteiger partial charge in [-0.1, -0.05) is 6.07 Å². The zero-order chi connectivity index (χ0) is 22.0. The number of allylic oxidation sites excluding steroid dienone is 1. The molecule has 2 aromatic heterocycles. The van der Waals surface area contributed by atoms with Gasteiger partial charge in [-0.05, 0) is 37.6 Å². The van der Waals surface area contributed by atoms with Crippen molar-refractivity contribution in [1.82, 2.24) is 19.5 Å². The van der Waals surface area contributed by atoms with E-state index in [1.165, 1.54) is 12.1 Å². The quantitative estimate of drug-likeness (QED) is 0.389. The number of rotatable bonds is 5. The van der Waals surface area contributed by atoms with Crippen LogP contribution in [0.2, 0.25) is 0 Å². The van der Waals surface area contributed by atoms with Crippen LogP contribution >= 0.6 is 0 Å². The Morgan fingerprint density at radius 1 is 1.27 bits per heavy atom. The zero-order valence-corrected chi connectivity index (χ0v) is 17.0. The van der Waals surface area contributed by atoms with Gasteiger partial charge < -0.3 is 15.2 Å². The summed E-state index contributed by atoms with van der Waals surface area (Å²) in [5.74, 6) is 0.543. The smallest absolute Gasteiger partial charge is 0.271 e. The maximum absolute atomic E-state index is 11.1. The highest BCUT2D eigenvalue weighted by molar-refractivity contribution is 5.88. The van der Waals surface area contributed by atoms with E-state index in [1.54, 1.807) is 37.2 Å². The molecule has 0 radical (unpaired) electrons. The Morgan fingerprint density at radius 3 is 2.63 bits per heavy atom. The SMILES string of the molecule is Cc1cc(/C=C(\C#N)c2nc(N)nc(N(C)C)n2)c(C)n1-c1cccc([N+](=O)[O-])c1. The molecule has 0 fully saturated rings. The first-order chi connectivity index (χ1) is 14.2. The van der Waals surface area contributed by atoms with Crippen molar-refractivity contribution in [3.05, 3.63) is 63.2 Å². The third-order valence-electron chi connectivity index (χ3n) is 4.47. The Morgan fingerprint density at radius 2 is 2.00 bits per heavy atom. The van der Waals surface area contributed by atoms with Crippen molar-refractivity contribution < 1.29 is 4.92 Å². The van der Waals surface area contributed by atoms with E-state index in [2.05, 4.69) is 21.0 Å². The minimum Gasteiger partial charge on any atom is -0.368 e. The van der Waals surface area contributed by atoms with Gasteiger partial charge in [0.05, 0.1) is 16.2 Å². The van der Waals surface area contributed by atoms with Gasteiger partial charge in [-0.25, -0.2) is 0 Å². The molecule has 2 N–H and O–H groups in total. The van der Waals surface area contributed by atoms with Crippen LogP contribution in [0.4, 0.5) is 17.6 Å². The Kier molecular flexibility index (Phi) is 5.46. The molecule has 0 saturated carbocycles. The van der Waals surface area contributed by atoms with Crippen molar-refractivity contribution in [3.8, 4) is 11.8 Å². The van der Waals surface area contributed by atoms with Gasteiger partial charge in [0.2, 0.25) is 11.9 Å². The summed E-state index contributed by atoms with van der Waals surface area (Å²) >= 11 is 0. The van der Waals surface area contributed by atoms with E-state index in [9.17, 15) is 15.4 Å². The molecule has 0 aliphatic heterocycles. The number of hydrogen-bond acceptors (Lipinski definition) is 8. The number of aryl methyl sites for hydroxylation is 1. The second kappa shape index (κ2) is 8.00. The van der Waals surface area contributed by atoms with Gasteiger partial charge >= 0.3 is 0 Å². The molecule has 0 spiro atoms. The molecule has 30 heavy (non-hydrogen) atoms. The maximum Gasteiger partial charge on any atom is 0.271 e. The van der Waals surface area contributed by atoms with E-state index in [0.717, 1.165) is 17.0 Å². The van der Waals surface area contributed by atoms with Gasteiger partial charge in [0.25, 0.3) is 5.69 Å². The van der Waals surface area contributed by atoms with Crippen LogP contribution in [0.5, 0.6) is 0 Å². The third kappa shape index (κ3) is 3.95. The number of nitro groups is 1. The fourth-order valence-electron chi connectivity index (χ4n) is 3.08. The van der Waals surface area contributed by atoms with Crippen LogP contribution in [0.3, 0.4) is 0 Å². The number of anilines is 2. The van der Waals surface area contributed by atoms with Crippen molar-refractivity contribution in [1.29, 1.82) is 5.26 Å². The molecule has 3 rings (SSSR count). The summed E-state index contributed by atoms with van der Waals surface area (Å²) < 4.78 is 1.89. The summed E-state index contributed by atoms with van der Waals surface area (Å²) in [5.41, 5.74) is 9.11. The number of aromatic nitrogens is 4. The normalized spacial score (nSPS) is 11.2. The molecule has 0 aliphatic carbocycles. The second-order valence-corrected chi connectivity index (χ2v) is 6.82. The lowest BCUT2D eigenvalue weighted by atomic mass is 10.1. The summed E-state index contributed by atoms with van der Waals surface area (Å²) in [6.45, 7) is 3.76. The highest BCUT2D eigenvalue weighted by atomic mass is 16.6. The Hall–Kier alpha value is -4.26. The lowest BCUT2D eigenvalue weighted by Gasteiger charge is -2.11. The fourth-order valence-corrected chi connectivity index (χ4v) is 3.08. The number of nitrogens with zero attached hydrogens (tertiary/aromatic N) is 7. The molecule has 10 nitrogen and oxygen atoms in total. The van der Waals surface area contributed by atoms with Crippen LogP contribution < -0.4 is 10.6 Å². The van der Waals surface area contributed by atoms with Gasteiger partial charge in [0.1, 0.15) is 6.07 Å². The number of non-ortho nitro benzene ring substituents is 1. The average Bonchev–Trinajstić information content (AvgIpc) is 2.98. The van der Waals surface area contributed by atoms with Crippen LogP contribution in [-0.2, 0) is 0 Å². The molecule has 3 aromatic rings. The summed E-state index contributed by atoms with van der Waals surface area (Å²) in [7, 11) is 3.53. The molecule has 0 unspecified atom stereocenters. The highest BCUT2D eigenvalue weighted by Crippen LogP contribution is 2.26. The highest BCUT2D eigenvalue weighted by Gasteiger charge is 2.15. The van der Waals surface area contributed by atoms with E-state index in [1.807, 2.05) is 24.5 Å². The molecule has 152 valence electrons. The molecule has 10 heteroatoms. The van der Waals surface area contributed by atoms with Crippen LogP contribution in [-0.4, -0.2) is 38.5 Å². The number of hydrogen-bond donors (Lipinski definition) is 1. The van der Waals surface area contributed by atoms with Crippen molar-refractivity contribution in [2.45, 2.75) is 13.8 Å². The number of nitrogen functional groups attached to an aromatic ring is 1. The number of nitro benzene ring substituents is 1. The Labute approximate surface area is 173 Å². The van der Waals surface area contributed by atoms with E-state index in [0.29, 0.717) is 11.6 Å². The monoisotopic (exact) mass is 404 g/mol. The van der Waals surface area contributed by atoms with E-state index in [-0.39, 0.29) is 23.0 Å². The summed E-state index contributed by atoms with van der Waals surface area (Å²) in [5, 5.41) is 20.8. The predicted molar refractivity (Wildman–Crippen MR) is 114 cm³/mol. The number of benzene rings is 1. The second-order valence-electron chi connectivity index (χ2n) is 6.82. The van der Waals surface area contributed by atoms with E-state index in [4.69, 9.17) is 5.73 Å². The molecule has 1 aromatic carbocycles. The van der Waals surface area contributed by atoms with Crippen molar-refractivity contribution in [3.63, 3.8) is 0 Å². The Balaban J connectivity index is 2.10. The van der Waals surface area contributed by atoms with E-state index >= 15 is 0 Å². The minimum absolute atomic E-state index is 0.00619. The third-order valence-corrected chi connectivity index (χ3v) is 4.47. The molecule has 0 bridgehead atoms. The van der Waals surface area contributed by atoms with Crippen LogP contribution in [0.15, 0.2) is 30.3 Å². The standard InChI is InChI=1S/C20H20N8O2/c1-12-8-14(13(2)27(12)16-6-5-7-17(10-16)28(29)30)9-15(11-21)18-23-19(22)25-20(24-18)26(3)4/h5-10H,1-4H3,(H2,22,23,24,25)/b15-9+. The maximum atomic E-state index is 11.1. The van der Waals surface area contributed by atoms with Gasteiger partial charge in [0.15, 0.2) is 5.82 Å². The molecular formula is C20H20N8O2. The van der Waals surface area contributed by atoms with Gasteiger partial charge in [-0.15, -0.1) is 0 Å². The first-order valence-electron chi connectivity index (χ1n) is 8.96. The van der Waals surface area contributed by atoms with Crippen molar-refractivity contribution in [2.75, 3.05) is 24.7 Å². The average molecular weight is 404 g/mol. The van der Waals surface area contributed by atoms with Gasteiger partial charge in [-0.2, -0.15) is 20.2 Å². The molecule has 0 aliphatic rings. The number of nitriles is 1. The van der Waals surface area contributed by atoms with Gasteiger partial charge in [0, 0.05) is 37.6 Å². The zero-order valence-electron chi connectivity index (χ0n) is 17.0. The fraction of sp³-hybridized carbons (Fsp3) is 0.200.